The van der Waals surface area contributed by atoms with E-state index < -0.39 is 29.9 Å². The number of rotatable bonds is 9. The van der Waals surface area contributed by atoms with Gasteiger partial charge in [-0.1, -0.05) is 26.0 Å². The van der Waals surface area contributed by atoms with Crippen LogP contribution in [-0.2, 0) is 14.3 Å². The highest BCUT2D eigenvalue weighted by Gasteiger charge is 2.29. The summed E-state index contributed by atoms with van der Waals surface area (Å²) < 4.78 is 9.93. The second kappa shape index (κ2) is 9.63. The van der Waals surface area contributed by atoms with E-state index in [9.17, 15) is 14.4 Å². The topological polar surface area (TPSA) is 114 Å². The molecule has 0 bridgehead atoms. The van der Waals surface area contributed by atoms with E-state index in [2.05, 4.69) is 10.6 Å². The molecule has 0 fully saturated rings. The number of para-hydroxylation sites is 1. The van der Waals surface area contributed by atoms with E-state index in [1.54, 1.807) is 38.1 Å². The average molecular weight is 352 g/mol. The van der Waals surface area contributed by atoms with Gasteiger partial charge >= 0.3 is 5.97 Å². The van der Waals surface area contributed by atoms with Gasteiger partial charge in [0.2, 0.25) is 5.91 Å². The number of benzene rings is 1. The van der Waals surface area contributed by atoms with Crippen LogP contribution < -0.4 is 15.4 Å². The normalized spacial score (nSPS) is 13.0. The van der Waals surface area contributed by atoms with Crippen molar-refractivity contribution in [1.29, 1.82) is 0 Å². The molecule has 8 heteroatoms. The molecule has 0 heterocycles. The van der Waals surface area contributed by atoms with Crippen molar-refractivity contribution in [3.05, 3.63) is 29.8 Å². The summed E-state index contributed by atoms with van der Waals surface area (Å²) in [5.74, 6) is -2.16. The molecule has 1 aromatic carbocycles. The zero-order valence-electron chi connectivity index (χ0n) is 14.7. The summed E-state index contributed by atoms with van der Waals surface area (Å²) in [5, 5.41) is 14.1. The predicted octanol–water partition coefficient (Wildman–Crippen LogP) is 0.665. The zero-order valence-corrected chi connectivity index (χ0v) is 14.7. The Balaban J connectivity index is 2.91. The van der Waals surface area contributed by atoms with Crippen LogP contribution in [0.4, 0.5) is 0 Å². The van der Waals surface area contributed by atoms with Gasteiger partial charge in [-0.3, -0.25) is 9.59 Å². The Kier molecular flexibility index (Phi) is 7.87. The number of carboxylic acid groups (broad SMARTS) is 1. The second-order valence-corrected chi connectivity index (χ2v) is 5.75. The number of aliphatic carboxylic acids is 1. The number of carbonyl (C=O) groups excluding carboxylic acids is 2. The summed E-state index contributed by atoms with van der Waals surface area (Å²) in [4.78, 5) is 36.0. The summed E-state index contributed by atoms with van der Waals surface area (Å²) >= 11 is 0. The first-order valence-corrected chi connectivity index (χ1v) is 7.77. The molecule has 0 aromatic heterocycles. The van der Waals surface area contributed by atoms with Gasteiger partial charge in [-0.15, -0.1) is 0 Å². The molecular formula is C17H24N2O6. The standard InChI is InChI=1S/C17H24N2O6/c1-10(2)14(16(21)18-12(9-24-3)17(22)23)19-15(20)11-7-5-6-8-13(11)25-4/h5-8,10,12,14H,9H2,1-4H3,(H,18,21)(H,19,20)(H,22,23). The predicted molar refractivity (Wildman–Crippen MR) is 90.5 cm³/mol. The monoisotopic (exact) mass is 352 g/mol. The Morgan fingerprint density at radius 2 is 1.76 bits per heavy atom. The molecule has 2 atom stereocenters. The smallest absolute Gasteiger partial charge is 0.328 e. The lowest BCUT2D eigenvalue weighted by molar-refractivity contribution is -0.143. The Morgan fingerprint density at radius 1 is 1.12 bits per heavy atom. The van der Waals surface area contributed by atoms with Gasteiger partial charge in [0.1, 0.15) is 11.8 Å². The minimum Gasteiger partial charge on any atom is -0.496 e. The van der Waals surface area contributed by atoms with Crippen LogP contribution in [0.1, 0.15) is 24.2 Å². The maximum atomic E-state index is 12.5. The fourth-order valence-electron chi connectivity index (χ4n) is 2.19. The first-order valence-electron chi connectivity index (χ1n) is 7.77. The number of carbonyl (C=O) groups is 3. The molecule has 0 aliphatic carbocycles. The number of hydrogen-bond acceptors (Lipinski definition) is 5. The highest BCUT2D eigenvalue weighted by molar-refractivity contribution is 6.00. The number of nitrogens with one attached hydrogen (secondary N) is 2. The Morgan fingerprint density at radius 3 is 2.28 bits per heavy atom. The molecule has 0 aliphatic heterocycles. The van der Waals surface area contributed by atoms with Crippen molar-refractivity contribution < 1.29 is 29.0 Å². The third-order valence-corrected chi connectivity index (χ3v) is 3.54. The summed E-state index contributed by atoms with van der Waals surface area (Å²) in [6, 6.07) is 4.52. The SMILES string of the molecule is COCC(NC(=O)C(NC(=O)c1ccccc1OC)C(C)C)C(=O)O. The van der Waals surface area contributed by atoms with Gasteiger partial charge in [-0.2, -0.15) is 0 Å². The number of ether oxygens (including phenoxy) is 2. The van der Waals surface area contributed by atoms with Crippen molar-refractivity contribution >= 4 is 17.8 Å². The maximum Gasteiger partial charge on any atom is 0.328 e. The number of methoxy groups -OCH3 is 2. The molecule has 1 rings (SSSR count). The van der Waals surface area contributed by atoms with E-state index in [1.165, 1.54) is 14.2 Å². The molecule has 0 aliphatic rings. The summed E-state index contributed by atoms with van der Waals surface area (Å²) in [5.41, 5.74) is 0.287. The van der Waals surface area contributed by atoms with Crippen LogP contribution in [0.15, 0.2) is 24.3 Å². The molecule has 8 nitrogen and oxygen atoms in total. The first-order chi connectivity index (χ1) is 11.8. The number of carboxylic acids is 1. The Hall–Kier alpha value is -2.61. The molecule has 1 aromatic rings. The van der Waals surface area contributed by atoms with Gasteiger partial charge in [0.05, 0.1) is 19.3 Å². The first kappa shape index (κ1) is 20.4. The van der Waals surface area contributed by atoms with E-state index >= 15 is 0 Å². The molecule has 25 heavy (non-hydrogen) atoms. The zero-order chi connectivity index (χ0) is 19.0. The van der Waals surface area contributed by atoms with Gasteiger partial charge < -0.3 is 25.2 Å². The summed E-state index contributed by atoms with van der Waals surface area (Å²) in [6.45, 7) is 3.32. The van der Waals surface area contributed by atoms with Crippen molar-refractivity contribution in [2.24, 2.45) is 5.92 Å². The van der Waals surface area contributed by atoms with Crippen LogP contribution in [0.5, 0.6) is 5.75 Å². The third kappa shape index (κ3) is 5.75. The van der Waals surface area contributed by atoms with E-state index in [1.807, 2.05) is 0 Å². The average Bonchev–Trinajstić information content (AvgIpc) is 2.58. The molecule has 0 saturated carbocycles. The third-order valence-electron chi connectivity index (χ3n) is 3.54. The molecule has 0 saturated heterocycles. The van der Waals surface area contributed by atoms with Crippen LogP contribution >= 0.6 is 0 Å². The minimum absolute atomic E-state index is 0.174. The molecular weight excluding hydrogens is 328 g/mol. The highest BCUT2D eigenvalue weighted by Crippen LogP contribution is 2.17. The van der Waals surface area contributed by atoms with E-state index in [-0.39, 0.29) is 18.1 Å². The van der Waals surface area contributed by atoms with Crippen molar-refractivity contribution in [2.75, 3.05) is 20.8 Å². The summed E-state index contributed by atoms with van der Waals surface area (Å²) in [7, 11) is 2.78. The van der Waals surface area contributed by atoms with Crippen LogP contribution in [0.3, 0.4) is 0 Å². The summed E-state index contributed by atoms with van der Waals surface area (Å²) in [6.07, 6.45) is 0. The van der Waals surface area contributed by atoms with Crippen LogP contribution in [0.25, 0.3) is 0 Å². The highest BCUT2D eigenvalue weighted by atomic mass is 16.5. The molecule has 0 spiro atoms. The largest absolute Gasteiger partial charge is 0.496 e. The van der Waals surface area contributed by atoms with Gasteiger partial charge in [0.15, 0.2) is 6.04 Å². The molecule has 0 radical (unpaired) electrons. The quantitative estimate of drug-likeness (QED) is 0.602. The van der Waals surface area contributed by atoms with Crippen LogP contribution in [-0.4, -0.2) is 55.8 Å². The minimum atomic E-state index is -1.21. The lowest BCUT2D eigenvalue weighted by Crippen LogP contribution is -2.54. The van der Waals surface area contributed by atoms with E-state index in [0.29, 0.717) is 5.75 Å². The van der Waals surface area contributed by atoms with Gasteiger partial charge in [0.25, 0.3) is 5.91 Å². The Bertz CT molecular complexity index is 617. The fourth-order valence-corrected chi connectivity index (χ4v) is 2.19. The van der Waals surface area contributed by atoms with Crippen molar-refractivity contribution in [3.8, 4) is 5.75 Å². The fraction of sp³-hybridized carbons (Fsp3) is 0.471. The van der Waals surface area contributed by atoms with Crippen molar-refractivity contribution in [2.45, 2.75) is 25.9 Å². The van der Waals surface area contributed by atoms with Crippen LogP contribution in [0.2, 0.25) is 0 Å². The lowest BCUT2D eigenvalue weighted by Gasteiger charge is -2.24. The Labute approximate surface area is 146 Å². The van der Waals surface area contributed by atoms with E-state index in [0.717, 1.165) is 0 Å². The van der Waals surface area contributed by atoms with Gasteiger partial charge in [0, 0.05) is 7.11 Å². The number of amides is 2. The van der Waals surface area contributed by atoms with Crippen LogP contribution in [0, 0.1) is 5.92 Å². The van der Waals surface area contributed by atoms with E-state index in [4.69, 9.17) is 14.6 Å². The molecule has 3 N–H and O–H groups in total. The van der Waals surface area contributed by atoms with Crippen molar-refractivity contribution in [3.63, 3.8) is 0 Å². The maximum absolute atomic E-state index is 12.5. The van der Waals surface area contributed by atoms with Gasteiger partial charge in [-0.25, -0.2) is 4.79 Å². The second-order valence-electron chi connectivity index (χ2n) is 5.75. The number of hydrogen-bond donors (Lipinski definition) is 3. The van der Waals surface area contributed by atoms with Crippen molar-refractivity contribution in [1.82, 2.24) is 10.6 Å². The molecule has 138 valence electrons. The lowest BCUT2D eigenvalue weighted by atomic mass is 10.0. The van der Waals surface area contributed by atoms with Gasteiger partial charge in [-0.05, 0) is 18.1 Å². The molecule has 2 unspecified atom stereocenters. The molecule has 2 amide bonds.